The number of amides is 1. The van der Waals surface area contributed by atoms with E-state index in [4.69, 9.17) is 16.3 Å². The minimum atomic E-state index is -0.879. The Bertz CT molecular complexity index is 748. The molecule has 24 heavy (non-hydrogen) atoms. The van der Waals surface area contributed by atoms with Gasteiger partial charge in [0.05, 0.1) is 0 Å². The molecule has 0 radical (unpaired) electrons. The predicted molar refractivity (Wildman–Crippen MR) is 95.9 cm³/mol. The lowest BCUT2D eigenvalue weighted by atomic mass is 9.99. The summed E-state index contributed by atoms with van der Waals surface area (Å²) in [7, 11) is 0. The van der Waals surface area contributed by atoms with Crippen molar-refractivity contribution < 1.29 is 14.3 Å². The van der Waals surface area contributed by atoms with Crippen LogP contribution in [0.15, 0.2) is 30.3 Å². The van der Waals surface area contributed by atoms with E-state index < -0.39 is 12.1 Å². The molecule has 0 saturated heterocycles. The number of hydrogen-bond acceptors (Lipinski definition) is 4. The van der Waals surface area contributed by atoms with Gasteiger partial charge in [-0.15, -0.1) is 11.3 Å². The van der Waals surface area contributed by atoms with Crippen molar-refractivity contribution >= 4 is 40.5 Å². The number of ether oxygens (including phenoxy) is 1. The summed E-state index contributed by atoms with van der Waals surface area (Å²) in [6, 6.07) is 8.74. The quantitative estimate of drug-likeness (QED) is 0.815. The second-order valence-electron chi connectivity index (χ2n) is 5.81. The van der Waals surface area contributed by atoms with Gasteiger partial charge in [-0.1, -0.05) is 17.7 Å². The highest BCUT2D eigenvalue weighted by atomic mass is 35.5. The lowest BCUT2D eigenvalue weighted by molar-refractivity contribution is -0.123. The number of carbonyl (C=O) groups is 2. The van der Waals surface area contributed by atoms with Crippen LogP contribution in [-0.4, -0.2) is 18.0 Å². The first-order valence-electron chi connectivity index (χ1n) is 7.92. The smallest absolute Gasteiger partial charge is 0.349 e. The summed E-state index contributed by atoms with van der Waals surface area (Å²) in [4.78, 5) is 26.3. The lowest BCUT2D eigenvalue weighted by Crippen LogP contribution is -2.29. The number of halogens is 1. The van der Waals surface area contributed by atoms with Gasteiger partial charge in [0.1, 0.15) is 4.88 Å². The highest BCUT2D eigenvalue weighted by Gasteiger charge is 2.22. The number of thiophene rings is 1. The summed E-state index contributed by atoms with van der Waals surface area (Å²) in [6.07, 6.45) is 3.50. The van der Waals surface area contributed by atoms with E-state index in [0.29, 0.717) is 15.6 Å². The highest BCUT2D eigenvalue weighted by molar-refractivity contribution is 7.14. The molecule has 126 valence electrons. The largest absolute Gasteiger partial charge is 0.448 e. The van der Waals surface area contributed by atoms with Crippen molar-refractivity contribution in [1.82, 2.24) is 0 Å². The molecule has 0 saturated carbocycles. The summed E-state index contributed by atoms with van der Waals surface area (Å²) in [5, 5.41) is 3.22. The van der Waals surface area contributed by atoms with Crippen LogP contribution in [0.5, 0.6) is 0 Å². The number of anilines is 1. The summed E-state index contributed by atoms with van der Waals surface area (Å²) in [5.41, 5.74) is 1.82. The molecule has 1 aliphatic carbocycles. The molecule has 0 aliphatic heterocycles. The van der Waals surface area contributed by atoms with Crippen LogP contribution >= 0.6 is 22.9 Å². The molecule has 0 bridgehead atoms. The van der Waals surface area contributed by atoms with Crippen molar-refractivity contribution in [3.05, 3.63) is 50.7 Å². The summed E-state index contributed by atoms with van der Waals surface area (Å²) in [6.45, 7) is 1.56. The molecule has 1 amide bonds. The van der Waals surface area contributed by atoms with Crippen LogP contribution < -0.4 is 5.32 Å². The maximum atomic E-state index is 12.3. The minimum Gasteiger partial charge on any atom is -0.448 e. The Morgan fingerprint density at radius 2 is 2.04 bits per heavy atom. The van der Waals surface area contributed by atoms with Gasteiger partial charge in [-0.05, 0) is 62.4 Å². The average molecular weight is 364 g/mol. The Kier molecular flexibility index (Phi) is 5.21. The van der Waals surface area contributed by atoms with E-state index in [0.717, 1.165) is 19.3 Å². The Labute approximate surface area is 149 Å². The lowest BCUT2D eigenvalue weighted by Gasteiger charge is -2.13. The number of fused-ring (bicyclic) bond motifs is 1. The van der Waals surface area contributed by atoms with Crippen LogP contribution in [0.25, 0.3) is 0 Å². The summed E-state index contributed by atoms with van der Waals surface area (Å²) < 4.78 is 5.30. The average Bonchev–Trinajstić information content (AvgIpc) is 2.99. The molecule has 4 nitrogen and oxygen atoms in total. The minimum absolute atomic E-state index is 0.382. The molecule has 0 spiro atoms. The van der Waals surface area contributed by atoms with Crippen molar-refractivity contribution in [3.8, 4) is 0 Å². The van der Waals surface area contributed by atoms with Gasteiger partial charge in [0.2, 0.25) is 0 Å². The van der Waals surface area contributed by atoms with Gasteiger partial charge in [0, 0.05) is 15.6 Å². The molecule has 0 fully saturated rings. The molecule has 1 aliphatic rings. The molecule has 2 aromatic rings. The van der Waals surface area contributed by atoms with E-state index in [1.54, 1.807) is 31.2 Å². The predicted octanol–water partition coefficient (Wildman–Crippen LogP) is 4.46. The van der Waals surface area contributed by atoms with Crippen LogP contribution in [0, 0.1) is 0 Å². The number of hydrogen-bond donors (Lipinski definition) is 1. The van der Waals surface area contributed by atoms with Crippen LogP contribution in [0.2, 0.25) is 5.02 Å². The van der Waals surface area contributed by atoms with E-state index in [2.05, 4.69) is 5.32 Å². The monoisotopic (exact) mass is 363 g/mol. The molecule has 6 heteroatoms. The fourth-order valence-electron chi connectivity index (χ4n) is 2.67. The van der Waals surface area contributed by atoms with Crippen LogP contribution in [0.3, 0.4) is 0 Å². The number of carbonyl (C=O) groups excluding carboxylic acids is 2. The van der Waals surface area contributed by atoms with Crippen molar-refractivity contribution in [1.29, 1.82) is 0 Å². The van der Waals surface area contributed by atoms with Crippen LogP contribution in [-0.2, 0) is 22.4 Å². The molecule has 1 atom stereocenters. The van der Waals surface area contributed by atoms with Gasteiger partial charge in [-0.3, -0.25) is 4.79 Å². The molecule has 1 aromatic heterocycles. The number of aryl methyl sites for hydroxylation is 2. The van der Waals surface area contributed by atoms with Gasteiger partial charge < -0.3 is 10.1 Å². The number of benzene rings is 1. The molecule has 1 heterocycles. The first kappa shape index (κ1) is 17.0. The van der Waals surface area contributed by atoms with Gasteiger partial charge in [0.15, 0.2) is 6.10 Å². The highest BCUT2D eigenvalue weighted by Crippen LogP contribution is 2.30. The van der Waals surface area contributed by atoms with Crippen LogP contribution in [0.4, 0.5) is 5.69 Å². The zero-order chi connectivity index (χ0) is 17.1. The Balaban J connectivity index is 1.61. The normalized spacial score (nSPS) is 14.6. The summed E-state index contributed by atoms with van der Waals surface area (Å²) >= 11 is 7.37. The van der Waals surface area contributed by atoms with E-state index in [9.17, 15) is 9.59 Å². The molecule has 0 unspecified atom stereocenters. The Morgan fingerprint density at radius 1 is 1.25 bits per heavy atom. The molecule has 1 N–H and O–H groups in total. The number of rotatable bonds is 4. The van der Waals surface area contributed by atoms with Crippen molar-refractivity contribution in [2.24, 2.45) is 0 Å². The summed E-state index contributed by atoms with van der Waals surface area (Å²) in [5.74, 6) is -0.824. The first-order valence-corrected chi connectivity index (χ1v) is 9.11. The molecule has 3 rings (SSSR count). The Hall–Kier alpha value is -1.85. The van der Waals surface area contributed by atoms with Gasteiger partial charge in [-0.25, -0.2) is 4.79 Å². The van der Waals surface area contributed by atoms with E-state index in [1.807, 2.05) is 6.07 Å². The third-order valence-electron chi connectivity index (χ3n) is 3.94. The maximum Gasteiger partial charge on any atom is 0.349 e. The fourth-order valence-corrected chi connectivity index (χ4v) is 4.00. The van der Waals surface area contributed by atoms with Gasteiger partial charge in [-0.2, -0.15) is 0 Å². The zero-order valence-corrected chi connectivity index (χ0v) is 14.9. The topological polar surface area (TPSA) is 55.4 Å². The SMILES string of the molecule is C[C@@H](OC(=O)c1cc2c(s1)CCCC2)C(=O)Nc1cccc(Cl)c1. The fraction of sp³-hybridized carbons (Fsp3) is 0.333. The third kappa shape index (κ3) is 3.97. The molecular weight excluding hydrogens is 346 g/mol. The third-order valence-corrected chi connectivity index (χ3v) is 5.40. The van der Waals surface area contributed by atoms with Gasteiger partial charge in [0.25, 0.3) is 5.91 Å². The van der Waals surface area contributed by atoms with Crippen molar-refractivity contribution in [3.63, 3.8) is 0 Å². The van der Waals surface area contributed by atoms with E-state index in [1.165, 1.54) is 28.2 Å². The maximum absolute atomic E-state index is 12.3. The second-order valence-corrected chi connectivity index (χ2v) is 7.39. The number of nitrogens with one attached hydrogen (secondary N) is 1. The first-order chi connectivity index (χ1) is 11.5. The van der Waals surface area contributed by atoms with Gasteiger partial charge >= 0.3 is 5.97 Å². The van der Waals surface area contributed by atoms with E-state index in [-0.39, 0.29) is 5.91 Å². The number of esters is 1. The molecular formula is C18H18ClNO3S. The molecule has 1 aromatic carbocycles. The van der Waals surface area contributed by atoms with E-state index >= 15 is 0 Å². The standard InChI is InChI=1S/C18H18ClNO3S/c1-11(17(21)20-14-7-4-6-13(19)10-14)23-18(22)16-9-12-5-2-3-8-15(12)24-16/h4,6-7,9-11H,2-3,5,8H2,1H3,(H,20,21)/t11-/m1/s1. The Morgan fingerprint density at radius 3 is 2.79 bits per heavy atom. The van der Waals surface area contributed by atoms with Crippen LogP contribution in [0.1, 0.15) is 39.9 Å². The zero-order valence-electron chi connectivity index (χ0n) is 13.3. The second kappa shape index (κ2) is 7.36. The van der Waals surface area contributed by atoms with Crippen molar-refractivity contribution in [2.45, 2.75) is 38.7 Å². The van der Waals surface area contributed by atoms with Crippen molar-refractivity contribution in [2.75, 3.05) is 5.32 Å².